The van der Waals surface area contributed by atoms with Crippen LogP contribution in [0.3, 0.4) is 0 Å². The molecular formula is C16H23N5O2. The van der Waals surface area contributed by atoms with Crippen LogP contribution >= 0.6 is 0 Å². The van der Waals surface area contributed by atoms with E-state index in [4.69, 9.17) is 4.74 Å². The number of H-pyrrole nitrogens is 1. The normalized spacial score (nSPS) is 19.7. The number of nitrogens with zero attached hydrogens (tertiary/aromatic N) is 4. The van der Waals surface area contributed by atoms with E-state index < -0.39 is 0 Å². The van der Waals surface area contributed by atoms with Gasteiger partial charge >= 0.3 is 0 Å². The molecule has 3 rings (SSSR count). The molecule has 1 fully saturated rings. The van der Waals surface area contributed by atoms with E-state index in [2.05, 4.69) is 26.7 Å². The smallest absolute Gasteiger partial charge is 0.224 e. The fraction of sp³-hybridized carbons (Fsp3) is 0.562. The van der Waals surface area contributed by atoms with E-state index in [0.717, 1.165) is 12.2 Å². The fourth-order valence-electron chi connectivity index (χ4n) is 2.77. The Balaban J connectivity index is 1.60. The van der Waals surface area contributed by atoms with Crippen molar-refractivity contribution >= 4 is 5.91 Å². The number of morpholine rings is 1. The molecule has 1 amide bonds. The standard InChI is InChI=1S/C16H23N5O2/c1-3-14-17-16(19-18-14)13-11-21(8-9-23-13)15(22)10-12(2)20-6-4-5-7-20/h4-7,12-13H,3,8-11H2,1-2H3,(H,17,18,19)/t12-,13+/m0/s1. The molecular weight excluding hydrogens is 294 g/mol. The zero-order valence-electron chi connectivity index (χ0n) is 13.6. The van der Waals surface area contributed by atoms with Crippen molar-refractivity contribution in [3.05, 3.63) is 36.2 Å². The van der Waals surface area contributed by atoms with Crippen LogP contribution in [0, 0.1) is 0 Å². The third-order valence-corrected chi connectivity index (χ3v) is 4.20. The number of nitrogens with one attached hydrogen (secondary N) is 1. The van der Waals surface area contributed by atoms with Crippen molar-refractivity contribution in [1.29, 1.82) is 0 Å². The minimum atomic E-state index is -0.244. The van der Waals surface area contributed by atoms with Gasteiger partial charge in [0.25, 0.3) is 0 Å². The molecule has 2 atom stereocenters. The summed E-state index contributed by atoms with van der Waals surface area (Å²) >= 11 is 0. The van der Waals surface area contributed by atoms with Crippen LogP contribution in [0.15, 0.2) is 24.5 Å². The molecule has 0 aromatic carbocycles. The Bertz CT molecular complexity index is 637. The summed E-state index contributed by atoms with van der Waals surface area (Å²) in [7, 11) is 0. The lowest BCUT2D eigenvalue weighted by Crippen LogP contribution is -2.43. The van der Waals surface area contributed by atoms with Gasteiger partial charge in [0.15, 0.2) is 5.82 Å². The van der Waals surface area contributed by atoms with Crippen molar-refractivity contribution in [1.82, 2.24) is 24.6 Å². The Hall–Kier alpha value is -2.15. The van der Waals surface area contributed by atoms with Crippen LogP contribution < -0.4 is 0 Å². The van der Waals surface area contributed by atoms with Gasteiger partial charge in [-0.1, -0.05) is 6.92 Å². The lowest BCUT2D eigenvalue weighted by molar-refractivity contribution is -0.140. The van der Waals surface area contributed by atoms with Gasteiger partial charge in [-0.2, -0.15) is 5.10 Å². The van der Waals surface area contributed by atoms with Crippen molar-refractivity contribution in [2.75, 3.05) is 19.7 Å². The highest BCUT2D eigenvalue weighted by Gasteiger charge is 2.28. The van der Waals surface area contributed by atoms with Gasteiger partial charge < -0.3 is 14.2 Å². The Morgan fingerprint density at radius 1 is 1.48 bits per heavy atom. The predicted octanol–water partition coefficient (Wildman–Crippen LogP) is 1.72. The SMILES string of the molecule is CCc1nc([C@H]2CN(C(=O)C[C@H](C)n3cccc3)CCO2)n[nH]1. The number of hydrogen-bond donors (Lipinski definition) is 1. The number of rotatable bonds is 5. The molecule has 0 unspecified atom stereocenters. The second kappa shape index (κ2) is 6.95. The molecule has 0 radical (unpaired) electrons. The maximum Gasteiger partial charge on any atom is 0.224 e. The number of aromatic amines is 1. The van der Waals surface area contributed by atoms with Crippen molar-refractivity contribution < 1.29 is 9.53 Å². The maximum absolute atomic E-state index is 12.6. The monoisotopic (exact) mass is 317 g/mol. The van der Waals surface area contributed by atoms with Crippen LogP contribution in [0.1, 0.15) is 44.1 Å². The molecule has 23 heavy (non-hydrogen) atoms. The summed E-state index contributed by atoms with van der Waals surface area (Å²) in [6.45, 7) is 5.73. The second-order valence-electron chi connectivity index (χ2n) is 5.88. The number of carbonyl (C=O) groups excluding carboxylic acids is 1. The van der Waals surface area contributed by atoms with Gasteiger partial charge in [0.1, 0.15) is 11.9 Å². The van der Waals surface area contributed by atoms with E-state index in [-0.39, 0.29) is 18.1 Å². The molecule has 1 aliphatic heterocycles. The third kappa shape index (κ3) is 3.61. The summed E-state index contributed by atoms with van der Waals surface area (Å²) in [4.78, 5) is 18.8. The van der Waals surface area contributed by atoms with Gasteiger partial charge in [-0.3, -0.25) is 9.89 Å². The van der Waals surface area contributed by atoms with E-state index in [0.29, 0.717) is 31.9 Å². The zero-order chi connectivity index (χ0) is 16.2. The van der Waals surface area contributed by atoms with E-state index in [1.807, 2.05) is 36.4 Å². The molecule has 124 valence electrons. The Labute approximate surface area is 135 Å². The van der Waals surface area contributed by atoms with E-state index in [1.165, 1.54) is 0 Å². The Morgan fingerprint density at radius 3 is 2.96 bits per heavy atom. The number of aryl methyl sites for hydroxylation is 1. The van der Waals surface area contributed by atoms with Gasteiger partial charge in [-0.05, 0) is 19.1 Å². The molecule has 2 aromatic heterocycles. The molecule has 2 aromatic rings. The molecule has 1 N–H and O–H groups in total. The van der Waals surface area contributed by atoms with Gasteiger partial charge in [0, 0.05) is 37.8 Å². The maximum atomic E-state index is 12.6. The van der Waals surface area contributed by atoms with Crippen LogP contribution in [-0.2, 0) is 16.0 Å². The third-order valence-electron chi connectivity index (χ3n) is 4.20. The number of carbonyl (C=O) groups is 1. The molecule has 7 heteroatoms. The van der Waals surface area contributed by atoms with Crippen molar-refractivity contribution in [3.63, 3.8) is 0 Å². The van der Waals surface area contributed by atoms with Crippen molar-refractivity contribution in [3.8, 4) is 0 Å². The molecule has 1 aliphatic rings. The highest BCUT2D eigenvalue weighted by Crippen LogP contribution is 2.21. The largest absolute Gasteiger partial charge is 0.366 e. The molecule has 0 aliphatic carbocycles. The van der Waals surface area contributed by atoms with E-state index >= 15 is 0 Å². The molecule has 0 bridgehead atoms. The number of amides is 1. The fourth-order valence-corrected chi connectivity index (χ4v) is 2.77. The molecule has 1 saturated heterocycles. The summed E-state index contributed by atoms with van der Waals surface area (Å²) in [5.74, 6) is 1.62. The van der Waals surface area contributed by atoms with Crippen LogP contribution in [-0.4, -0.2) is 50.3 Å². The van der Waals surface area contributed by atoms with Gasteiger partial charge in [0.2, 0.25) is 5.91 Å². The van der Waals surface area contributed by atoms with Crippen LogP contribution in [0.25, 0.3) is 0 Å². The summed E-state index contributed by atoms with van der Waals surface area (Å²) in [6, 6.07) is 4.09. The average Bonchev–Trinajstić information content (AvgIpc) is 3.26. The summed E-state index contributed by atoms with van der Waals surface area (Å²) in [6.07, 6.45) is 5.01. The summed E-state index contributed by atoms with van der Waals surface area (Å²) in [5.41, 5.74) is 0. The first kappa shape index (κ1) is 15.7. The summed E-state index contributed by atoms with van der Waals surface area (Å²) < 4.78 is 7.79. The average molecular weight is 317 g/mol. The van der Waals surface area contributed by atoms with Gasteiger partial charge in [-0.25, -0.2) is 4.98 Å². The highest BCUT2D eigenvalue weighted by molar-refractivity contribution is 5.76. The molecule has 7 nitrogen and oxygen atoms in total. The van der Waals surface area contributed by atoms with Crippen LogP contribution in [0.5, 0.6) is 0 Å². The van der Waals surface area contributed by atoms with Crippen LogP contribution in [0.4, 0.5) is 0 Å². The second-order valence-corrected chi connectivity index (χ2v) is 5.88. The minimum absolute atomic E-state index is 0.144. The molecule has 0 saturated carbocycles. The first-order valence-electron chi connectivity index (χ1n) is 8.10. The predicted molar refractivity (Wildman–Crippen MR) is 84.8 cm³/mol. The number of ether oxygens (including phenoxy) is 1. The quantitative estimate of drug-likeness (QED) is 0.911. The number of aromatic nitrogens is 4. The number of hydrogen-bond acceptors (Lipinski definition) is 4. The first-order chi connectivity index (χ1) is 11.2. The van der Waals surface area contributed by atoms with E-state index in [1.54, 1.807) is 0 Å². The minimum Gasteiger partial charge on any atom is -0.366 e. The van der Waals surface area contributed by atoms with Crippen molar-refractivity contribution in [2.45, 2.75) is 38.8 Å². The molecule has 0 spiro atoms. The van der Waals surface area contributed by atoms with E-state index in [9.17, 15) is 4.79 Å². The van der Waals surface area contributed by atoms with Gasteiger partial charge in [0.05, 0.1) is 13.2 Å². The molecule has 3 heterocycles. The zero-order valence-corrected chi connectivity index (χ0v) is 13.6. The summed E-state index contributed by atoms with van der Waals surface area (Å²) in [5, 5.41) is 7.10. The topological polar surface area (TPSA) is 76.0 Å². The Kier molecular flexibility index (Phi) is 4.76. The van der Waals surface area contributed by atoms with Gasteiger partial charge in [-0.15, -0.1) is 0 Å². The lowest BCUT2D eigenvalue weighted by Gasteiger charge is -2.32. The first-order valence-corrected chi connectivity index (χ1v) is 8.10. The lowest BCUT2D eigenvalue weighted by atomic mass is 10.2. The van der Waals surface area contributed by atoms with Crippen molar-refractivity contribution in [2.24, 2.45) is 0 Å². The van der Waals surface area contributed by atoms with Crippen LogP contribution in [0.2, 0.25) is 0 Å². The Morgan fingerprint density at radius 2 is 2.26 bits per heavy atom. The highest BCUT2D eigenvalue weighted by atomic mass is 16.5.